The molecule has 0 saturated carbocycles. The Bertz CT molecular complexity index is 325. The molecule has 0 bridgehead atoms. The fourth-order valence-corrected chi connectivity index (χ4v) is 2.90. The molecule has 0 fully saturated rings. The van der Waals surface area contributed by atoms with Crippen LogP contribution in [-0.4, -0.2) is 38.9 Å². The molecule has 1 rings (SSSR count). The normalized spacial score (nSPS) is 13.2. The molecule has 0 aliphatic rings. The minimum Gasteiger partial charge on any atom is -0.313 e. The van der Waals surface area contributed by atoms with Crippen molar-refractivity contribution in [2.24, 2.45) is 0 Å². The summed E-state index contributed by atoms with van der Waals surface area (Å²) < 4.78 is 2.02. The van der Waals surface area contributed by atoms with E-state index in [0.29, 0.717) is 12.1 Å². The molecule has 1 atom stereocenters. The monoisotopic (exact) mass is 270 g/mol. The van der Waals surface area contributed by atoms with Gasteiger partial charge >= 0.3 is 0 Å². The second-order valence-corrected chi connectivity index (χ2v) is 5.90. The standard InChI is InChI=1S/C13H26N4S/c1-5-7-18-9-12(14-6-2)8-13-15-10-16-17(13)11(3)4/h10-12,14H,5-9H2,1-4H3. The minimum atomic E-state index is 0.382. The number of likely N-dealkylation sites (N-methyl/N-ethyl adjacent to an activating group) is 1. The molecule has 1 heterocycles. The predicted molar refractivity (Wildman–Crippen MR) is 79.2 cm³/mol. The fraction of sp³-hybridized carbons (Fsp3) is 0.846. The van der Waals surface area contributed by atoms with Crippen molar-refractivity contribution in [3.05, 3.63) is 12.2 Å². The van der Waals surface area contributed by atoms with Crippen LogP contribution in [0.1, 0.15) is 46.0 Å². The molecule has 0 spiro atoms. The van der Waals surface area contributed by atoms with Gasteiger partial charge in [-0.2, -0.15) is 16.9 Å². The Morgan fingerprint density at radius 2 is 2.17 bits per heavy atom. The predicted octanol–water partition coefficient (Wildman–Crippen LogP) is 2.52. The van der Waals surface area contributed by atoms with Crippen LogP contribution in [0, 0.1) is 0 Å². The van der Waals surface area contributed by atoms with Gasteiger partial charge in [-0.05, 0) is 32.6 Å². The Kier molecular flexibility index (Phi) is 7.35. The van der Waals surface area contributed by atoms with Crippen molar-refractivity contribution in [1.29, 1.82) is 0 Å². The second kappa shape index (κ2) is 8.53. The third-order valence-corrected chi connectivity index (χ3v) is 4.06. The van der Waals surface area contributed by atoms with Gasteiger partial charge in [0.25, 0.3) is 0 Å². The lowest BCUT2D eigenvalue weighted by atomic mass is 10.2. The highest BCUT2D eigenvalue weighted by molar-refractivity contribution is 7.99. The van der Waals surface area contributed by atoms with E-state index in [4.69, 9.17) is 0 Å². The molecule has 1 N–H and O–H groups in total. The van der Waals surface area contributed by atoms with E-state index in [-0.39, 0.29) is 0 Å². The van der Waals surface area contributed by atoms with E-state index in [1.807, 2.05) is 16.4 Å². The molecule has 0 aromatic carbocycles. The quantitative estimate of drug-likeness (QED) is 0.700. The van der Waals surface area contributed by atoms with E-state index in [1.54, 1.807) is 6.33 Å². The Hall–Kier alpha value is -0.550. The van der Waals surface area contributed by atoms with Crippen molar-refractivity contribution in [1.82, 2.24) is 20.1 Å². The van der Waals surface area contributed by atoms with Gasteiger partial charge in [0, 0.05) is 24.3 Å². The van der Waals surface area contributed by atoms with E-state index >= 15 is 0 Å². The molecular weight excluding hydrogens is 244 g/mol. The van der Waals surface area contributed by atoms with Gasteiger partial charge in [-0.3, -0.25) is 0 Å². The summed E-state index contributed by atoms with van der Waals surface area (Å²) in [6, 6.07) is 0.876. The molecule has 4 nitrogen and oxygen atoms in total. The highest BCUT2D eigenvalue weighted by Gasteiger charge is 2.14. The van der Waals surface area contributed by atoms with Crippen LogP contribution in [0.5, 0.6) is 0 Å². The molecule has 0 aliphatic heterocycles. The summed E-state index contributed by atoms with van der Waals surface area (Å²) in [7, 11) is 0. The van der Waals surface area contributed by atoms with Crippen molar-refractivity contribution < 1.29 is 0 Å². The SMILES string of the molecule is CCCSCC(Cc1ncnn1C(C)C)NCC. The van der Waals surface area contributed by atoms with E-state index in [0.717, 1.165) is 24.5 Å². The van der Waals surface area contributed by atoms with E-state index in [1.165, 1.54) is 12.2 Å². The highest BCUT2D eigenvalue weighted by atomic mass is 32.2. The van der Waals surface area contributed by atoms with Crippen molar-refractivity contribution in [2.45, 2.75) is 52.6 Å². The molecule has 0 saturated heterocycles. The van der Waals surface area contributed by atoms with Crippen molar-refractivity contribution in [3.63, 3.8) is 0 Å². The summed E-state index contributed by atoms with van der Waals surface area (Å²) in [5.74, 6) is 3.47. The molecule has 104 valence electrons. The van der Waals surface area contributed by atoms with Crippen LogP contribution in [-0.2, 0) is 6.42 Å². The summed E-state index contributed by atoms with van der Waals surface area (Å²) in [5, 5.41) is 7.84. The first-order chi connectivity index (χ1) is 8.69. The number of aromatic nitrogens is 3. The van der Waals surface area contributed by atoms with Crippen LogP contribution in [0.2, 0.25) is 0 Å². The molecule has 0 amide bonds. The van der Waals surface area contributed by atoms with Crippen LogP contribution in [0.3, 0.4) is 0 Å². The van der Waals surface area contributed by atoms with Gasteiger partial charge in [0.15, 0.2) is 0 Å². The van der Waals surface area contributed by atoms with E-state index < -0.39 is 0 Å². The lowest BCUT2D eigenvalue weighted by molar-refractivity contribution is 0.477. The maximum Gasteiger partial charge on any atom is 0.138 e. The molecule has 0 radical (unpaired) electrons. The van der Waals surface area contributed by atoms with Gasteiger partial charge in [0.1, 0.15) is 12.2 Å². The lowest BCUT2D eigenvalue weighted by Crippen LogP contribution is -2.34. The molecule has 1 aromatic heterocycles. The molecule has 1 unspecified atom stereocenters. The van der Waals surface area contributed by atoms with Crippen molar-refractivity contribution in [3.8, 4) is 0 Å². The third kappa shape index (κ3) is 4.98. The Morgan fingerprint density at radius 3 is 2.78 bits per heavy atom. The van der Waals surface area contributed by atoms with Gasteiger partial charge in [-0.1, -0.05) is 13.8 Å². The minimum absolute atomic E-state index is 0.382. The van der Waals surface area contributed by atoms with Gasteiger partial charge in [0.2, 0.25) is 0 Å². The third-order valence-electron chi connectivity index (χ3n) is 2.73. The Morgan fingerprint density at radius 1 is 1.39 bits per heavy atom. The first-order valence-corrected chi connectivity index (χ1v) is 8.04. The van der Waals surface area contributed by atoms with Crippen LogP contribution in [0.15, 0.2) is 6.33 Å². The molecule has 5 heteroatoms. The lowest BCUT2D eigenvalue weighted by Gasteiger charge is -2.18. The maximum atomic E-state index is 4.39. The summed E-state index contributed by atoms with van der Waals surface area (Å²) in [4.78, 5) is 4.39. The zero-order valence-electron chi connectivity index (χ0n) is 12.0. The zero-order valence-corrected chi connectivity index (χ0v) is 12.8. The van der Waals surface area contributed by atoms with Gasteiger partial charge in [-0.25, -0.2) is 9.67 Å². The summed E-state index contributed by atoms with van der Waals surface area (Å²) in [6.45, 7) is 9.68. The number of nitrogens with one attached hydrogen (secondary N) is 1. The fourth-order valence-electron chi connectivity index (χ4n) is 1.92. The van der Waals surface area contributed by atoms with Crippen LogP contribution >= 0.6 is 11.8 Å². The second-order valence-electron chi connectivity index (χ2n) is 4.75. The van der Waals surface area contributed by atoms with Crippen LogP contribution in [0.25, 0.3) is 0 Å². The number of nitrogens with zero attached hydrogens (tertiary/aromatic N) is 3. The average Bonchev–Trinajstić information content (AvgIpc) is 2.78. The number of hydrogen-bond donors (Lipinski definition) is 1. The van der Waals surface area contributed by atoms with Gasteiger partial charge < -0.3 is 5.32 Å². The van der Waals surface area contributed by atoms with Crippen molar-refractivity contribution >= 4 is 11.8 Å². The first-order valence-electron chi connectivity index (χ1n) is 6.88. The highest BCUT2D eigenvalue weighted by Crippen LogP contribution is 2.11. The number of thioether (sulfide) groups is 1. The summed E-state index contributed by atoms with van der Waals surface area (Å²) in [5.41, 5.74) is 0. The van der Waals surface area contributed by atoms with Crippen LogP contribution in [0.4, 0.5) is 0 Å². The largest absolute Gasteiger partial charge is 0.313 e. The molecule has 18 heavy (non-hydrogen) atoms. The molecular formula is C13H26N4S. The van der Waals surface area contributed by atoms with Gasteiger partial charge in [-0.15, -0.1) is 0 Å². The zero-order chi connectivity index (χ0) is 13.4. The summed E-state index contributed by atoms with van der Waals surface area (Å²) in [6.07, 6.45) is 3.87. The topological polar surface area (TPSA) is 42.7 Å². The van der Waals surface area contributed by atoms with Crippen LogP contribution < -0.4 is 5.32 Å². The van der Waals surface area contributed by atoms with Crippen molar-refractivity contribution in [2.75, 3.05) is 18.1 Å². The Labute approximate surface area is 115 Å². The van der Waals surface area contributed by atoms with Gasteiger partial charge in [0.05, 0.1) is 0 Å². The maximum absolute atomic E-state index is 4.39. The van der Waals surface area contributed by atoms with E-state index in [9.17, 15) is 0 Å². The number of hydrogen-bond acceptors (Lipinski definition) is 4. The smallest absolute Gasteiger partial charge is 0.138 e. The average molecular weight is 270 g/mol. The Balaban J connectivity index is 2.55. The summed E-state index contributed by atoms with van der Waals surface area (Å²) >= 11 is 2.02. The molecule has 1 aromatic rings. The number of rotatable bonds is 9. The van der Waals surface area contributed by atoms with E-state index in [2.05, 4.69) is 43.1 Å². The molecule has 0 aliphatic carbocycles. The first kappa shape index (κ1) is 15.5.